The fraction of sp³-hybridized carbons (Fsp3) is 0.353. The van der Waals surface area contributed by atoms with E-state index in [-0.39, 0.29) is 5.91 Å². The molecule has 3 aromatic heterocycles. The summed E-state index contributed by atoms with van der Waals surface area (Å²) in [5, 5.41) is 8.09. The third-order valence-corrected chi connectivity index (χ3v) is 4.40. The van der Waals surface area contributed by atoms with Crippen LogP contribution in [0.5, 0.6) is 0 Å². The zero-order valence-electron chi connectivity index (χ0n) is 13.6. The van der Waals surface area contributed by atoms with E-state index in [1.54, 1.807) is 31.6 Å². The molecule has 1 N–H and O–H groups in total. The molecule has 3 aromatic rings. The average Bonchev–Trinajstić information content (AvgIpc) is 3.33. The van der Waals surface area contributed by atoms with Crippen molar-refractivity contribution in [3.63, 3.8) is 0 Å². The summed E-state index contributed by atoms with van der Waals surface area (Å²) < 4.78 is 1.96. The van der Waals surface area contributed by atoms with Gasteiger partial charge < -0.3 is 5.32 Å². The van der Waals surface area contributed by atoms with Gasteiger partial charge in [0.2, 0.25) is 0 Å². The van der Waals surface area contributed by atoms with Crippen molar-refractivity contribution in [1.82, 2.24) is 24.7 Å². The summed E-state index contributed by atoms with van der Waals surface area (Å²) in [7, 11) is 0. The molecule has 0 bridgehead atoms. The fourth-order valence-corrected chi connectivity index (χ4v) is 2.85. The van der Waals surface area contributed by atoms with Gasteiger partial charge in [0.25, 0.3) is 5.91 Å². The fourth-order valence-electron chi connectivity index (χ4n) is 2.85. The normalized spacial score (nSPS) is 15.4. The van der Waals surface area contributed by atoms with Gasteiger partial charge in [-0.2, -0.15) is 5.10 Å². The van der Waals surface area contributed by atoms with E-state index < -0.39 is 0 Å². The smallest absolute Gasteiger partial charge is 0.258 e. The number of hydrogen-bond acceptors (Lipinski definition) is 5. The largest absolute Gasteiger partial charge is 0.306 e. The summed E-state index contributed by atoms with van der Waals surface area (Å²) in [5.74, 6) is 1.53. The minimum atomic E-state index is -0.245. The van der Waals surface area contributed by atoms with Crippen LogP contribution in [0.25, 0.3) is 11.0 Å². The number of carbonyl (C=O) groups excluding carboxylic acids is 1. The van der Waals surface area contributed by atoms with E-state index in [2.05, 4.69) is 32.3 Å². The number of nitrogens with zero attached hydrogens (tertiary/aromatic N) is 5. The summed E-state index contributed by atoms with van der Waals surface area (Å²) in [6, 6.07) is 3.82. The van der Waals surface area contributed by atoms with Crippen LogP contribution in [-0.4, -0.2) is 30.6 Å². The SMILES string of the molecule is Cc1nccc(NC(=O)c2cnc3c(cnn3C(C)C3CC3)c2)n1. The first kappa shape index (κ1) is 14.7. The van der Waals surface area contributed by atoms with Crippen LogP contribution in [0, 0.1) is 12.8 Å². The van der Waals surface area contributed by atoms with Crippen molar-refractivity contribution < 1.29 is 4.79 Å². The van der Waals surface area contributed by atoms with Gasteiger partial charge in [-0.15, -0.1) is 0 Å². The maximum absolute atomic E-state index is 12.4. The molecule has 0 radical (unpaired) electrons. The van der Waals surface area contributed by atoms with Gasteiger partial charge in [0.1, 0.15) is 11.6 Å². The Kier molecular flexibility index (Phi) is 3.48. The highest BCUT2D eigenvalue weighted by molar-refractivity contribution is 6.05. The summed E-state index contributed by atoms with van der Waals surface area (Å²) in [4.78, 5) is 25.0. The van der Waals surface area contributed by atoms with Gasteiger partial charge in [0.05, 0.1) is 17.8 Å². The monoisotopic (exact) mass is 322 g/mol. The Labute approximate surface area is 139 Å². The number of anilines is 1. The number of carbonyl (C=O) groups is 1. The second kappa shape index (κ2) is 5.67. The quantitative estimate of drug-likeness (QED) is 0.798. The van der Waals surface area contributed by atoms with E-state index in [1.165, 1.54) is 12.8 Å². The molecular weight excluding hydrogens is 304 g/mol. The van der Waals surface area contributed by atoms with E-state index in [0.29, 0.717) is 29.2 Å². The van der Waals surface area contributed by atoms with Gasteiger partial charge in [-0.1, -0.05) is 0 Å². The Balaban J connectivity index is 1.59. The number of nitrogens with one attached hydrogen (secondary N) is 1. The van der Waals surface area contributed by atoms with Crippen LogP contribution in [0.1, 0.15) is 42.0 Å². The highest BCUT2D eigenvalue weighted by Gasteiger charge is 2.30. The predicted molar refractivity (Wildman–Crippen MR) is 89.7 cm³/mol. The molecule has 1 fully saturated rings. The van der Waals surface area contributed by atoms with Crippen molar-refractivity contribution in [3.8, 4) is 0 Å². The molecule has 1 amide bonds. The van der Waals surface area contributed by atoms with Gasteiger partial charge in [-0.3, -0.25) is 4.79 Å². The van der Waals surface area contributed by atoms with Crippen molar-refractivity contribution in [2.75, 3.05) is 5.32 Å². The van der Waals surface area contributed by atoms with Crippen LogP contribution in [0.15, 0.2) is 30.7 Å². The molecule has 24 heavy (non-hydrogen) atoms. The zero-order valence-corrected chi connectivity index (χ0v) is 13.6. The van der Waals surface area contributed by atoms with Crippen molar-refractivity contribution in [3.05, 3.63) is 42.1 Å². The molecule has 1 aliphatic carbocycles. The van der Waals surface area contributed by atoms with Crippen LogP contribution in [0.2, 0.25) is 0 Å². The Bertz CT molecular complexity index is 914. The maximum atomic E-state index is 12.4. The van der Waals surface area contributed by atoms with E-state index in [1.807, 2.05) is 10.7 Å². The van der Waals surface area contributed by atoms with E-state index >= 15 is 0 Å². The third kappa shape index (κ3) is 2.73. The zero-order chi connectivity index (χ0) is 16.7. The first-order chi connectivity index (χ1) is 11.6. The van der Waals surface area contributed by atoms with E-state index in [0.717, 1.165) is 11.0 Å². The highest BCUT2D eigenvalue weighted by atomic mass is 16.1. The number of hydrogen-bond donors (Lipinski definition) is 1. The standard InChI is InChI=1S/C17H18N6O/c1-10(12-3-4-12)23-16-13(9-20-23)7-14(8-19-16)17(24)22-15-5-6-18-11(2)21-15/h5-10,12H,3-4H2,1-2H3,(H,18,21,22,24). The van der Waals surface area contributed by atoms with Gasteiger partial charge >= 0.3 is 0 Å². The molecule has 4 rings (SSSR count). The highest BCUT2D eigenvalue weighted by Crippen LogP contribution is 2.39. The summed E-state index contributed by atoms with van der Waals surface area (Å²) in [5.41, 5.74) is 1.31. The van der Waals surface area contributed by atoms with Gasteiger partial charge in [-0.05, 0) is 44.7 Å². The van der Waals surface area contributed by atoms with Gasteiger partial charge in [0, 0.05) is 17.8 Å². The molecule has 0 spiro atoms. The summed E-state index contributed by atoms with van der Waals surface area (Å²) in [6.45, 7) is 3.95. The predicted octanol–water partition coefficient (Wildman–Crippen LogP) is 2.75. The van der Waals surface area contributed by atoms with Crippen molar-refractivity contribution in [2.45, 2.75) is 32.7 Å². The average molecular weight is 322 g/mol. The van der Waals surface area contributed by atoms with Crippen LogP contribution in [0.3, 0.4) is 0 Å². The number of amides is 1. The Hall–Kier alpha value is -2.83. The lowest BCUT2D eigenvalue weighted by Gasteiger charge is -2.11. The molecule has 1 unspecified atom stereocenters. The van der Waals surface area contributed by atoms with Crippen LogP contribution >= 0.6 is 0 Å². The van der Waals surface area contributed by atoms with E-state index in [9.17, 15) is 4.79 Å². The van der Waals surface area contributed by atoms with Crippen LogP contribution in [-0.2, 0) is 0 Å². The second-order valence-corrected chi connectivity index (χ2v) is 6.25. The second-order valence-electron chi connectivity index (χ2n) is 6.25. The molecule has 1 saturated carbocycles. The number of aromatic nitrogens is 5. The third-order valence-electron chi connectivity index (χ3n) is 4.40. The minimum Gasteiger partial charge on any atom is -0.306 e. The van der Waals surface area contributed by atoms with Crippen molar-refractivity contribution in [1.29, 1.82) is 0 Å². The molecule has 122 valence electrons. The topological polar surface area (TPSA) is 85.6 Å². The first-order valence-electron chi connectivity index (χ1n) is 8.06. The number of fused-ring (bicyclic) bond motifs is 1. The van der Waals surface area contributed by atoms with Crippen LogP contribution < -0.4 is 5.32 Å². The molecule has 0 aliphatic heterocycles. The molecular formula is C17H18N6O. The molecule has 1 atom stereocenters. The number of pyridine rings is 1. The van der Waals surface area contributed by atoms with E-state index in [4.69, 9.17) is 0 Å². The number of aryl methyl sites for hydroxylation is 1. The van der Waals surface area contributed by atoms with Crippen molar-refractivity contribution in [2.24, 2.45) is 5.92 Å². The van der Waals surface area contributed by atoms with Gasteiger partial charge in [-0.25, -0.2) is 19.6 Å². The van der Waals surface area contributed by atoms with Crippen LogP contribution in [0.4, 0.5) is 5.82 Å². The Morgan fingerprint density at radius 3 is 2.92 bits per heavy atom. The molecule has 0 saturated heterocycles. The lowest BCUT2D eigenvalue weighted by molar-refractivity contribution is 0.102. The van der Waals surface area contributed by atoms with Gasteiger partial charge in [0.15, 0.2) is 5.65 Å². The maximum Gasteiger partial charge on any atom is 0.258 e. The summed E-state index contributed by atoms with van der Waals surface area (Å²) in [6.07, 6.45) is 7.47. The first-order valence-corrected chi connectivity index (χ1v) is 8.06. The molecule has 1 aliphatic rings. The number of rotatable bonds is 4. The molecule has 7 heteroatoms. The minimum absolute atomic E-state index is 0.245. The summed E-state index contributed by atoms with van der Waals surface area (Å²) >= 11 is 0. The molecule has 3 heterocycles. The lowest BCUT2D eigenvalue weighted by Crippen LogP contribution is -2.14. The van der Waals surface area contributed by atoms with Crippen molar-refractivity contribution >= 4 is 22.8 Å². The Morgan fingerprint density at radius 1 is 1.33 bits per heavy atom. The molecule has 7 nitrogen and oxygen atoms in total. The lowest BCUT2D eigenvalue weighted by atomic mass is 10.2. The Morgan fingerprint density at radius 2 is 2.17 bits per heavy atom. The molecule has 0 aromatic carbocycles.